The summed E-state index contributed by atoms with van der Waals surface area (Å²) < 4.78 is 45.1. The number of rotatable bonds is 6. The first-order valence-electron chi connectivity index (χ1n) is 6.41. The molecule has 1 aromatic heterocycles. The second kappa shape index (κ2) is 8.53. The number of aromatic nitrogens is 3. The number of hydrogen-bond acceptors (Lipinski definition) is 5. The number of halogens is 4. The van der Waals surface area contributed by atoms with Crippen LogP contribution in [0.3, 0.4) is 0 Å². The van der Waals surface area contributed by atoms with E-state index in [1.165, 1.54) is 22.4 Å². The topological polar surface area (TPSA) is 66.0 Å². The van der Waals surface area contributed by atoms with Crippen LogP contribution < -0.4 is 5.73 Å². The van der Waals surface area contributed by atoms with E-state index in [1.807, 2.05) is 0 Å². The molecule has 1 heterocycles. The van der Waals surface area contributed by atoms with E-state index >= 15 is 0 Å². The van der Waals surface area contributed by atoms with E-state index in [0.29, 0.717) is 29.0 Å². The van der Waals surface area contributed by atoms with Gasteiger partial charge in [0.1, 0.15) is 0 Å². The molecule has 0 atom stereocenters. The van der Waals surface area contributed by atoms with Gasteiger partial charge in [0, 0.05) is 12.9 Å². The van der Waals surface area contributed by atoms with Crippen molar-refractivity contribution in [1.82, 2.24) is 14.8 Å². The Morgan fingerprint density at radius 1 is 1.30 bits per heavy atom. The molecule has 0 saturated carbocycles. The minimum absolute atomic E-state index is 0. The first-order valence-corrected chi connectivity index (χ1v) is 7.39. The fourth-order valence-corrected chi connectivity index (χ4v) is 2.69. The summed E-state index contributed by atoms with van der Waals surface area (Å²) in [5, 5.41) is 8.40. The summed E-state index contributed by atoms with van der Waals surface area (Å²) in [6, 6.07) is 5.00. The molecule has 10 heteroatoms. The normalized spacial score (nSPS) is 11.3. The average Bonchev–Trinajstić information content (AvgIpc) is 2.90. The van der Waals surface area contributed by atoms with Crippen molar-refractivity contribution in [2.45, 2.75) is 17.9 Å². The summed E-state index contributed by atoms with van der Waals surface area (Å²) in [4.78, 5) is 0. The van der Waals surface area contributed by atoms with Gasteiger partial charge in [-0.3, -0.25) is 4.57 Å². The maximum absolute atomic E-state index is 12.9. The number of benzene rings is 1. The first kappa shape index (κ1) is 19.8. The third-order valence-electron chi connectivity index (χ3n) is 2.83. The highest BCUT2D eigenvalue weighted by molar-refractivity contribution is 7.99. The standard InChI is InChI=1S/C13H15F3N4OS.ClH/c1-21-5-6-22-12-19-18-11(8-17)20(12)10-4-2-3-9(7-10)13(14,15)16;/h2-4,7H,5-6,8,17H2,1H3;1H. The monoisotopic (exact) mass is 368 g/mol. The van der Waals surface area contributed by atoms with Crippen molar-refractivity contribution < 1.29 is 17.9 Å². The average molecular weight is 369 g/mol. The van der Waals surface area contributed by atoms with Gasteiger partial charge in [-0.25, -0.2) is 0 Å². The van der Waals surface area contributed by atoms with Crippen LogP contribution in [0.4, 0.5) is 13.2 Å². The van der Waals surface area contributed by atoms with Crippen molar-refractivity contribution in [2.75, 3.05) is 19.5 Å². The van der Waals surface area contributed by atoms with Gasteiger partial charge < -0.3 is 10.5 Å². The highest BCUT2D eigenvalue weighted by Gasteiger charge is 2.30. The second-order valence-corrected chi connectivity index (χ2v) is 5.39. The van der Waals surface area contributed by atoms with Crippen LogP contribution in [-0.2, 0) is 17.5 Å². The zero-order chi connectivity index (χ0) is 16.2. The molecule has 1 aromatic carbocycles. The lowest BCUT2D eigenvalue weighted by Crippen LogP contribution is -2.10. The number of alkyl halides is 3. The molecule has 2 N–H and O–H groups in total. The van der Waals surface area contributed by atoms with E-state index in [4.69, 9.17) is 10.5 Å². The zero-order valence-corrected chi connectivity index (χ0v) is 13.8. The molecule has 0 amide bonds. The van der Waals surface area contributed by atoms with Gasteiger partial charge in [-0.15, -0.1) is 22.6 Å². The Hall–Kier alpha value is -1.29. The lowest BCUT2D eigenvalue weighted by molar-refractivity contribution is -0.137. The number of nitrogens with two attached hydrogens (primary N) is 1. The second-order valence-electron chi connectivity index (χ2n) is 4.33. The molecule has 23 heavy (non-hydrogen) atoms. The van der Waals surface area contributed by atoms with Crippen molar-refractivity contribution in [3.63, 3.8) is 0 Å². The van der Waals surface area contributed by atoms with Gasteiger partial charge in [0.2, 0.25) is 0 Å². The summed E-state index contributed by atoms with van der Waals surface area (Å²) in [5.74, 6) is 1.01. The fourth-order valence-electron chi connectivity index (χ4n) is 1.82. The molecule has 0 fully saturated rings. The van der Waals surface area contributed by atoms with E-state index < -0.39 is 11.7 Å². The minimum atomic E-state index is -4.41. The minimum Gasteiger partial charge on any atom is -0.384 e. The van der Waals surface area contributed by atoms with Crippen LogP contribution in [0.2, 0.25) is 0 Å². The maximum atomic E-state index is 12.9. The van der Waals surface area contributed by atoms with Crippen LogP contribution in [0.25, 0.3) is 5.69 Å². The van der Waals surface area contributed by atoms with Gasteiger partial charge in [0.25, 0.3) is 0 Å². The van der Waals surface area contributed by atoms with E-state index in [-0.39, 0.29) is 19.0 Å². The van der Waals surface area contributed by atoms with Crippen molar-refractivity contribution in [1.29, 1.82) is 0 Å². The predicted molar refractivity (Wildman–Crippen MR) is 84.1 cm³/mol. The van der Waals surface area contributed by atoms with Crippen molar-refractivity contribution in [3.05, 3.63) is 35.7 Å². The van der Waals surface area contributed by atoms with Gasteiger partial charge in [-0.1, -0.05) is 17.8 Å². The highest BCUT2D eigenvalue weighted by Crippen LogP contribution is 2.31. The molecule has 0 bridgehead atoms. The molecule has 2 aromatic rings. The van der Waals surface area contributed by atoms with Gasteiger partial charge in [-0.2, -0.15) is 13.2 Å². The van der Waals surface area contributed by atoms with Gasteiger partial charge in [-0.05, 0) is 18.2 Å². The summed E-state index contributed by atoms with van der Waals surface area (Å²) in [6.45, 7) is 0.576. The molecule has 0 spiro atoms. The predicted octanol–water partition coefficient (Wildman–Crippen LogP) is 2.91. The molecular weight excluding hydrogens is 353 g/mol. The Balaban J connectivity index is 0.00000264. The van der Waals surface area contributed by atoms with E-state index in [9.17, 15) is 13.2 Å². The largest absolute Gasteiger partial charge is 0.416 e. The molecule has 2 rings (SSSR count). The van der Waals surface area contributed by atoms with Crippen LogP contribution in [-0.4, -0.2) is 34.2 Å². The maximum Gasteiger partial charge on any atom is 0.416 e. The van der Waals surface area contributed by atoms with Gasteiger partial charge in [0.05, 0.1) is 24.4 Å². The number of hydrogen-bond donors (Lipinski definition) is 1. The Labute approximate surface area is 141 Å². The molecule has 0 saturated heterocycles. The van der Waals surface area contributed by atoms with Crippen molar-refractivity contribution in [2.24, 2.45) is 5.73 Å². The Morgan fingerprint density at radius 2 is 2.04 bits per heavy atom. The fraction of sp³-hybridized carbons (Fsp3) is 0.385. The molecule has 0 aliphatic carbocycles. The Kier molecular flexibility index (Phi) is 7.33. The Bertz CT molecular complexity index is 636. The summed E-state index contributed by atoms with van der Waals surface area (Å²) in [6.07, 6.45) is -4.41. The van der Waals surface area contributed by atoms with Crippen LogP contribution in [0.15, 0.2) is 29.4 Å². The van der Waals surface area contributed by atoms with Gasteiger partial charge in [0.15, 0.2) is 11.0 Å². The number of thioether (sulfide) groups is 1. The molecular formula is C13H16ClF3N4OS. The number of ether oxygens (including phenoxy) is 1. The van der Waals surface area contributed by atoms with Crippen LogP contribution in [0, 0.1) is 0 Å². The van der Waals surface area contributed by atoms with E-state index in [1.54, 1.807) is 13.2 Å². The molecule has 128 valence electrons. The van der Waals surface area contributed by atoms with Crippen LogP contribution in [0.1, 0.15) is 11.4 Å². The molecule has 5 nitrogen and oxygen atoms in total. The van der Waals surface area contributed by atoms with E-state index in [0.717, 1.165) is 12.1 Å². The third kappa shape index (κ3) is 4.84. The third-order valence-corrected chi connectivity index (χ3v) is 3.73. The molecule has 0 aliphatic rings. The summed E-state index contributed by atoms with van der Waals surface area (Å²) >= 11 is 1.34. The van der Waals surface area contributed by atoms with Crippen molar-refractivity contribution >= 4 is 24.2 Å². The molecule has 0 radical (unpaired) electrons. The van der Waals surface area contributed by atoms with Crippen LogP contribution >= 0.6 is 24.2 Å². The zero-order valence-electron chi connectivity index (χ0n) is 12.2. The number of nitrogens with zero attached hydrogens (tertiary/aromatic N) is 3. The summed E-state index contributed by atoms with van der Waals surface area (Å²) in [5.41, 5.74) is 5.21. The molecule has 0 aliphatic heterocycles. The SMILES string of the molecule is COCCSc1nnc(CN)n1-c1cccc(C(F)(F)F)c1.Cl. The lowest BCUT2D eigenvalue weighted by Gasteiger charge is -2.12. The number of methoxy groups -OCH3 is 1. The van der Waals surface area contributed by atoms with E-state index in [2.05, 4.69) is 10.2 Å². The van der Waals surface area contributed by atoms with Crippen LogP contribution in [0.5, 0.6) is 0 Å². The first-order chi connectivity index (χ1) is 10.5. The Morgan fingerprint density at radius 3 is 2.65 bits per heavy atom. The summed E-state index contributed by atoms with van der Waals surface area (Å²) in [7, 11) is 1.57. The molecule has 0 unspecified atom stereocenters. The highest BCUT2D eigenvalue weighted by atomic mass is 35.5. The van der Waals surface area contributed by atoms with Gasteiger partial charge >= 0.3 is 6.18 Å². The smallest absolute Gasteiger partial charge is 0.384 e. The quantitative estimate of drug-likeness (QED) is 0.627. The van der Waals surface area contributed by atoms with Crippen molar-refractivity contribution in [3.8, 4) is 5.69 Å². The lowest BCUT2D eigenvalue weighted by atomic mass is 10.2.